The molecule has 0 aromatic carbocycles. The van der Waals surface area contributed by atoms with Crippen LogP contribution in [0.15, 0.2) is 0 Å². The normalized spacial score (nSPS) is 11.8. The van der Waals surface area contributed by atoms with Crippen molar-refractivity contribution in [3.05, 3.63) is 22.5 Å². The summed E-state index contributed by atoms with van der Waals surface area (Å²) < 4.78 is 9.37. The second-order valence-electron chi connectivity index (χ2n) is 4.46. The molecule has 0 spiro atoms. The first-order valence-electron chi connectivity index (χ1n) is 6.35. The number of esters is 2. The predicted molar refractivity (Wildman–Crippen MR) is 71.8 cm³/mol. The number of rotatable bonds is 6. The lowest BCUT2D eigenvalue weighted by molar-refractivity contribution is -0.144. The highest BCUT2D eigenvalue weighted by molar-refractivity contribution is 5.99. The Morgan fingerprint density at radius 2 is 1.95 bits per heavy atom. The van der Waals surface area contributed by atoms with Crippen molar-refractivity contribution in [1.82, 2.24) is 4.98 Å². The Labute approximate surface area is 117 Å². The Bertz CT molecular complexity index is 518. The molecule has 1 atom stereocenters. The van der Waals surface area contributed by atoms with E-state index in [1.54, 1.807) is 6.92 Å². The Morgan fingerprint density at radius 3 is 2.40 bits per heavy atom. The molecule has 1 aromatic heterocycles. The topological polar surface area (TPSA) is 85.5 Å². The van der Waals surface area contributed by atoms with Crippen LogP contribution in [0.2, 0.25) is 0 Å². The average Bonchev–Trinajstić information content (AvgIpc) is 2.82. The van der Waals surface area contributed by atoms with E-state index in [1.165, 1.54) is 14.2 Å². The number of carbonyl (C=O) groups excluding carboxylic acids is 3. The van der Waals surface area contributed by atoms with E-state index < -0.39 is 5.97 Å². The minimum Gasteiger partial charge on any atom is -0.469 e. The van der Waals surface area contributed by atoms with Crippen molar-refractivity contribution >= 4 is 18.2 Å². The van der Waals surface area contributed by atoms with Crippen molar-refractivity contribution in [3.63, 3.8) is 0 Å². The van der Waals surface area contributed by atoms with Gasteiger partial charge in [0.1, 0.15) is 0 Å². The quantitative estimate of drug-likeness (QED) is 0.631. The van der Waals surface area contributed by atoms with Crippen LogP contribution >= 0.6 is 0 Å². The van der Waals surface area contributed by atoms with Crippen molar-refractivity contribution in [1.29, 1.82) is 0 Å². The SMILES string of the molecule is CCc1c(CC(C)C(=O)OC)[nH]c(C=O)c1C(=O)OC. The fourth-order valence-electron chi connectivity index (χ4n) is 2.19. The zero-order valence-corrected chi connectivity index (χ0v) is 12.1. The number of nitrogens with one attached hydrogen (secondary N) is 1. The number of aromatic nitrogens is 1. The summed E-state index contributed by atoms with van der Waals surface area (Å²) in [6.45, 7) is 3.60. The summed E-state index contributed by atoms with van der Waals surface area (Å²) in [5.74, 6) is -1.26. The maximum absolute atomic E-state index is 11.8. The van der Waals surface area contributed by atoms with Crippen LogP contribution in [-0.2, 0) is 27.1 Å². The van der Waals surface area contributed by atoms with Gasteiger partial charge >= 0.3 is 11.9 Å². The summed E-state index contributed by atoms with van der Waals surface area (Å²) in [5, 5.41) is 0. The van der Waals surface area contributed by atoms with Crippen LogP contribution in [0, 0.1) is 5.92 Å². The standard InChI is InChI=1S/C14H19NO5/c1-5-9-10(6-8(2)13(17)19-3)15-11(7-16)12(9)14(18)20-4/h7-8,15H,5-6H2,1-4H3. The molecule has 110 valence electrons. The zero-order valence-electron chi connectivity index (χ0n) is 12.1. The second-order valence-corrected chi connectivity index (χ2v) is 4.46. The number of carbonyl (C=O) groups is 3. The maximum Gasteiger partial charge on any atom is 0.340 e. The second kappa shape index (κ2) is 6.88. The summed E-state index contributed by atoms with van der Waals surface area (Å²) in [7, 11) is 2.59. The molecule has 0 amide bonds. The van der Waals surface area contributed by atoms with E-state index in [2.05, 4.69) is 9.72 Å². The molecule has 20 heavy (non-hydrogen) atoms. The molecule has 1 unspecified atom stereocenters. The number of hydrogen-bond donors (Lipinski definition) is 1. The van der Waals surface area contributed by atoms with Crippen molar-refractivity contribution in [2.75, 3.05) is 14.2 Å². The lowest BCUT2D eigenvalue weighted by atomic mass is 9.99. The van der Waals surface area contributed by atoms with Crippen molar-refractivity contribution in [2.24, 2.45) is 5.92 Å². The van der Waals surface area contributed by atoms with E-state index in [1.807, 2.05) is 6.92 Å². The number of ether oxygens (including phenoxy) is 2. The lowest BCUT2D eigenvalue weighted by Gasteiger charge is -2.09. The minimum absolute atomic E-state index is 0.181. The highest BCUT2D eigenvalue weighted by Crippen LogP contribution is 2.23. The molecule has 0 aliphatic carbocycles. The monoisotopic (exact) mass is 281 g/mol. The van der Waals surface area contributed by atoms with Gasteiger partial charge in [0.2, 0.25) is 0 Å². The summed E-state index contributed by atoms with van der Waals surface area (Å²) in [6.07, 6.45) is 1.50. The molecule has 6 heteroatoms. The van der Waals surface area contributed by atoms with Crippen molar-refractivity contribution < 1.29 is 23.9 Å². The van der Waals surface area contributed by atoms with E-state index in [9.17, 15) is 14.4 Å². The molecule has 0 radical (unpaired) electrons. The van der Waals surface area contributed by atoms with Gasteiger partial charge in [-0.3, -0.25) is 9.59 Å². The predicted octanol–water partition coefficient (Wildman–Crippen LogP) is 1.53. The van der Waals surface area contributed by atoms with Gasteiger partial charge in [0.15, 0.2) is 6.29 Å². The Kier molecular flexibility index (Phi) is 5.49. The van der Waals surface area contributed by atoms with Crippen LogP contribution in [0.5, 0.6) is 0 Å². The van der Waals surface area contributed by atoms with Gasteiger partial charge < -0.3 is 14.5 Å². The Hall–Kier alpha value is -2.11. The van der Waals surface area contributed by atoms with Crippen LogP contribution in [0.25, 0.3) is 0 Å². The first-order chi connectivity index (χ1) is 9.49. The fraction of sp³-hybridized carbons (Fsp3) is 0.500. The molecule has 1 aromatic rings. The molecule has 0 aliphatic rings. The van der Waals surface area contributed by atoms with Gasteiger partial charge in [-0.2, -0.15) is 0 Å². The van der Waals surface area contributed by atoms with Gasteiger partial charge in [0.05, 0.1) is 31.4 Å². The van der Waals surface area contributed by atoms with Gasteiger partial charge in [-0.1, -0.05) is 13.8 Å². The first kappa shape index (κ1) is 15.9. The molecule has 0 saturated heterocycles. The number of hydrogen-bond acceptors (Lipinski definition) is 5. The highest BCUT2D eigenvalue weighted by atomic mass is 16.5. The molecule has 0 aliphatic heterocycles. The fourth-order valence-corrected chi connectivity index (χ4v) is 2.19. The van der Waals surface area contributed by atoms with Gasteiger partial charge in [-0.05, 0) is 12.0 Å². The van der Waals surface area contributed by atoms with Crippen molar-refractivity contribution in [2.45, 2.75) is 26.7 Å². The highest BCUT2D eigenvalue weighted by Gasteiger charge is 2.24. The third kappa shape index (κ3) is 3.07. The average molecular weight is 281 g/mol. The summed E-state index contributed by atoms with van der Waals surface area (Å²) in [4.78, 5) is 37.2. The molecular weight excluding hydrogens is 262 g/mol. The molecule has 0 bridgehead atoms. The first-order valence-corrected chi connectivity index (χ1v) is 6.35. The van der Waals surface area contributed by atoms with Crippen LogP contribution in [0.4, 0.5) is 0 Å². The zero-order chi connectivity index (χ0) is 15.3. The summed E-state index contributed by atoms with van der Waals surface area (Å²) >= 11 is 0. The minimum atomic E-state index is -0.558. The molecule has 0 saturated carbocycles. The van der Waals surface area contributed by atoms with Gasteiger partial charge in [-0.15, -0.1) is 0 Å². The molecular formula is C14H19NO5. The van der Waals surface area contributed by atoms with Gasteiger partial charge in [-0.25, -0.2) is 4.79 Å². The van der Waals surface area contributed by atoms with E-state index in [0.717, 1.165) is 0 Å². The van der Waals surface area contributed by atoms with Gasteiger partial charge in [0, 0.05) is 12.1 Å². The van der Waals surface area contributed by atoms with E-state index in [4.69, 9.17) is 4.74 Å². The molecule has 1 N–H and O–H groups in total. The third-order valence-corrected chi connectivity index (χ3v) is 3.20. The number of methoxy groups -OCH3 is 2. The molecule has 0 fully saturated rings. The van der Waals surface area contributed by atoms with E-state index >= 15 is 0 Å². The number of aldehydes is 1. The van der Waals surface area contributed by atoms with Crippen LogP contribution < -0.4 is 0 Å². The smallest absolute Gasteiger partial charge is 0.340 e. The Balaban J connectivity index is 3.21. The largest absolute Gasteiger partial charge is 0.469 e. The third-order valence-electron chi connectivity index (χ3n) is 3.20. The van der Waals surface area contributed by atoms with Crippen molar-refractivity contribution in [3.8, 4) is 0 Å². The van der Waals surface area contributed by atoms with Gasteiger partial charge in [0.25, 0.3) is 0 Å². The summed E-state index contributed by atoms with van der Waals surface area (Å²) in [6, 6.07) is 0. The van der Waals surface area contributed by atoms with Crippen LogP contribution in [0.1, 0.15) is 46.0 Å². The van der Waals surface area contributed by atoms with E-state index in [0.29, 0.717) is 30.4 Å². The molecule has 1 rings (SSSR count). The molecule has 6 nitrogen and oxygen atoms in total. The van der Waals surface area contributed by atoms with Crippen LogP contribution in [0.3, 0.4) is 0 Å². The Morgan fingerprint density at radius 1 is 1.30 bits per heavy atom. The number of aromatic amines is 1. The molecule has 1 heterocycles. The maximum atomic E-state index is 11.8. The van der Waals surface area contributed by atoms with Crippen LogP contribution in [-0.4, -0.2) is 37.4 Å². The number of H-pyrrole nitrogens is 1. The van der Waals surface area contributed by atoms with E-state index in [-0.39, 0.29) is 23.1 Å². The summed E-state index contributed by atoms with van der Waals surface area (Å²) in [5.41, 5.74) is 1.82. The lowest BCUT2D eigenvalue weighted by Crippen LogP contribution is -2.16.